The first-order valence-electron chi connectivity index (χ1n) is 7.02. The van der Waals surface area contributed by atoms with Crippen LogP contribution in [0.25, 0.3) is 22.2 Å². The molecule has 110 valence electrons. The summed E-state index contributed by atoms with van der Waals surface area (Å²) in [6, 6.07) is 18.9. The molecule has 1 N–H and O–H groups in total. The summed E-state index contributed by atoms with van der Waals surface area (Å²) in [7, 11) is 0. The number of hydrogen-bond donors (Lipinski definition) is 1. The molecule has 0 amide bonds. The molecule has 0 fully saturated rings. The Labute approximate surface area is 135 Å². The number of halogens is 1. The summed E-state index contributed by atoms with van der Waals surface area (Å²) in [6.45, 7) is 0.814. The topological polar surface area (TPSA) is 33.6 Å². The van der Waals surface area contributed by atoms with Crippen molar-refractivity contribution in [3.8, 4) is 11.3 Å². The van der Waals surface area contributed by atoms with Gasteiger partial charge in [0.25, 0.3) is 0 Å². The Kier molecular flexibility index (Phi) is 3.98. The highest BCUT2D eigenvalue weighted by atomic mass is 35.5. The third kappa shape index (κ3) is 2.51. The molecular weight excluding hydrogens is 294 g/mol. The highest BCUT2D eigenvalue weighted by Crippen LogP contribution is 2.30. The van der Waals surface area contributed by atoms with Gasteiger partial charge in [-0.3, -0.25) is 0 Å². The monoisotopic (exact) mass is 309 g/mol. The van der Waals surface area contributed by atoms with E-state index in [0.29, 0.717) is 0 Å². The van der Waals surface area contributed by atoms with E-state index in [1.807, 2.05) is 24.8 Å². The van der Waals surface area contributed by atoms with Crippen molar-refractivity contribution in [1.82, 2.24) is 14.5 Å². The maximum Gasteiger partial charge on any atom is 0.0949 e. The molecule has 0 saturated carbocycles. The third-order valence-electron chi connectivity index (χ3n) is 3.78. The van der Waals surface area contributed by atoms with Crippen LogP contribution in [0.4, 0.5) is 0 Å². The van der Waals surface area contributed by atoms with Crippen LogP contribution in [-0.2, 0) is 6.54 Å². The van der Waals surface area contributed by atoms with E-state index in [1.54, 1.807) is 0 Å². The molecule has 0 unspecified atom stereocenters. The summed E-state index contributed by atoms with van der Waals surface area (Å²) in [5, 5.41) is 1.27. The lowest BCUT2D eigenvalue weighted by molar-refractivity contribution is 0.804. The number of benzene rings is 2. The summed E-state index contributed by atoms with van der Waals surface area (Å²) in [4.78, 5) is 7.70. The van der Waals surface area contributed by atoms with Crippen molar-refractivity contribution in [1.29, 1.82) is 0 Å². The first kappa shape index (κ1) is 14.4. The van der Waals surface area contributed by atoms with Gasteiger partial charge in [-0.05, 0) is 11.6 Å². The van der Waals surface area contributed by atoms with Gasteiger partial charge < -0.3 is 9.55 Å². The largest absolute Gasteiger partial charge is 0.354 e. The van der Waals surface area contributed by atoms with Crippen molar-refractivity contribution in [3.63, 3.8) is 0 Å². The minimum absolute atomic E-state index is 0. The smallest absolute Gasteiger partial charge is 0.0949 e. The lowest BCUT2D eigenvalue weighted by atomic mass is 10.1. The van der Waals surface area contributed by atoms with Crippen LogP contribution >= 0.6 is 12.4 Å². The average Bonchev–Trinajstić information content (AvgIpc) is 3.17. The fourth-order valence-corrected chi connectivity index (χ4v) is 2.78. The molecule has 0 atom stereocenters. The highest BCUT2D eigenvalue weighted by molar-refractivity contribution is 5.90. The fourth-order valence-electron chi connectivity index (χ4n) is 2.78. The number of nitrogens with one attached hydrogen (secondary N) is 1. The molecule has 4 aromatic rings. The Morgan fingerprint density at radius 3 is 2.50 bits per heavy atom. The molecule has 0 aliphatic heterocycles. The SMILES string of the molecule is Cl.c1ccc(-c2[nH]c3ccccc3c2Cn2ccnc2)cc1. The molecule has 0 radical (unpaired) electrons. The number of aromatic nitrogens is 3. The molecule has 0 aliphatic rings. The van der Waals surface area contributed by atoms with Crippen molar-refractivity contribution in [2.45, 2.75) is 6.54 Å². The van der Waals surface area contributed by atoms with Crippen LogP contribution in [0.3, 0.4) is 0 Å². The van der Waals surface area contributed by atoms with Crippen LogP contribution in [-0.4, -0.2) is 14.5 Å². The zero-order valence-electron chi connectivity index (χ0n) is 11.9. The standard InChI is InChI=1S/C18H15N3.ClH/c1-2-6-14(7-3-1)18-16(12-21-11-10-19-13-21)15-8-4-5-9-17(15)20-18;/h1-11,13,20H,12H2;1H. The van der Waals surface area contributed by atoms with Gasteiger partial charge in [-0.25, -0.2) is 4.98 Å². The summed E-state index contributed by atoms with van der Waals surface area (Å²) in [5.74, 6) is 0. The van der Waals surface area contributed by atoms with E-state index in [1.165, 1.54) is 27.7 Å². The van der Waals surface area contributed by atoms with Crippen molar-refractivity contribution < 1.29 is 0 Å². The van der Waals surface area contributed by atoms with Gasteiger partial charge >= 0.3 is 0 Å². The predicted octanol–water partition coefficient (Wildman–Crippen LogP) is 4.50. The number of imidazole rings is 1. The quantitative estimate of drug-likeness (QED) is 0.594. The van der Waals surface area contributed by atoms with Crippen molar-refractivity contribution in [2.75, 3.05) is 0 Å². The Morgan fingerprint density at radius 1 is 0.955 bits per heavy atom. The van der Waals surface area contributed by atoms with Gasteiger partial charge in [-0.15, -0.1) is 12.4 Å². The second kappa shape index (κ2) is 6.08. The van der Waals surface area contributed by atoms with E-state index < -0.39 is 0 Å². The second-order valence-electron chi connectivity index (χ2n) is 5.13. The van der Waals surface area contributed by atoms with E-state index in [4.69, 9.17) is 0 Å². The van der Waals surface area contributed by atoms with Gasteiger partial charge in [0.15, 0.2) is 0 Å². The molecule has 0 saturated heterocycles. The maximum absolute atomic E-state index is 4.14. The maximum atomic E-state index is 4.14. The summed E-state index contributed by atoms with van der Waals surface area (Å²) in [5.41, 5.74) is 4.87. The molecule has 0 aliphatic carbocycles. The molecule has 3 nitrogen and oxygen atoms in total. The van der Waals surface area contributed by atoms with Crippen LogP contribution in [0.5, 0.6) is 0 Å². The number of aromatic amines is 1. The van der Waals surface area contributed by atoms with E-state index in [-0.39, 0.29) is 12.4 Å². The highest BCUT2D eigenvalue weighted by Gasteiger charge is 2.12. The first-order valence-corrected chi connectivity index (χ1v) is 7.02. The number of fused-ring (bicyclic) bond motifs is 1. The van der Waals surface area contributed by atoms with Crippen molar-refractivity contribution in [3.05, 3.63) is 78.9 Å². The normalized spacial score (nSPS) is 10.5. The summed E-state index contributed by atoms with van der Waals surface area (Å²) >= 11 is 0. The molecule has 0 bridgehead atoms. The molecular formula is C18H16ClN3. The summed E-state index contributed by atoms with van der Waals surface area (Å²) in [6.07, 6.45) is 5.67. The molecule has 4 heteroatoms. The van der Waals surface area contributed by atoms with Gasteiger partial charge in [0.05, 0.1) is 18.6 Å². The van der Waals surface area contributed by atoms with Crippen LogP contribution in [0.2, 0.25) is 0 Å². The van der Waals surface area contributed by atoms with E-state index in [9.17, 15) is 0 Å². The number of nitrogens with zero attached hydrogens (tertiary/aromatic N) is 2. The van der Waals surface area contributed by atoms with E-state index >= 15 is 0 Å². The van der Waals surface area contributed by atoms with E-state index in [2.05, 4.69) is 63.1 Å². The summed E-state index contributed by atoms with van der Waals surface area (Å²) < 4.78 is 2.10. The fraction of sp³-hybridized carbons (Fsp3) is 0.0556. The van der Waals surface area contributed by atoms with E-state index in [0.717, 1.165) is 6.54 Å². The van der Waals surface area contributed by atoms with Crippen molar-refractivity contribution >= 4 is 23.3 Å². The second-order valence-corrected chi connectivity index (χ2v) is 5.13. The first-order chi connectivity index (χ1) is 10.4. The molecule has 0 spiro atoms. The lowest BCUT2D eigenvalue weighted by Gasteiger charge is -2.06. The van der Waals surface area contributed by atoms with Crippen LogP contribution in [0.1, 0.15) is 5.56 Å². The average molecular weight is 310 g/mol. The molecule has 22 heavy (non-hydrogen) atoms. The minimum atomic E-state index is 0. The Hall–Kier alpha value is -2.52. The predicted molar refractivity (Wildman–Crippen MR) is 92.3 cm³/mol. The zero-order valence-corrected chi connectivity index (χ0v) is 12.8. The molecule has 2 aromatic heterocycles. The number of H-pyrrole nitrogens is 1. The third-order valence-corrected chi connectivity index (χ3v) is 3.78. The van der Waals surface area contributed by atoms with Gasteiger partial charge in [-0.2, -0.15) is 0 Å². The lowest BCUT2D eigenvalue weighted by Crippen LogP contribution is -1.97. The molecule has 2 heterocycles. The van der Waals surface area contributed by atoms with Gasteiger partial charge in [0, 0.05) is 28.9 Å². The molecule has 4 rings (SSSR count). The van der Waals surface area contributed by atoms with Crippen molar-refractivity contribution in [2.24, 2.45) is 0 Å². The van der Waals surface area contributed by atoms with Crippen LogP contribution < -0.4 is 0 Å². The minimum Gasteiger partial charge on any atom is -0.354 e. The Morgan fingerprint density at radius 2 is 1.73 bits per heavy atom. The van der Waals surface area contributed by atoms with Crippen LogP contribution in [0, 0.1) is 0 Å². The number of para-hydroxylation sites is 1. The number of rotatable bonds is 3. The van der Waals surface area contributed by atoms with Gasteiger partial charge in [0.2, 0.25) is 0 Å². The zero-order chi connectivity index (χ0) is 14.1. The van der Waals surface area contributed by atoms with Gasteiger partial charge in [0.1, 0.15) is 0 Å². The van der Waals surface area contributed by atoms with Gasteiger partial charge in [-0.1, -0.05) is 48.5 Å². The molecule has 2 aromatic carbocycles. The Bertz CT molecular complexity index is 864. The number of hydrogen-bond acceptors (Lipinski definition) is 1. The Balaban J connectivity index is 0.00000144. The van der Waals surface area contributed by atoms with Crippen LogP contribution in [0.15, 0.2) is 73.3 Å².